The van der Waals surface area contributed by atoms with Crippen molar-refractivity contribution in [3.05, 3.63) is 328 Å². The van der Waals surface area contributed by atoms with Gasteiger partial charge in [0.1, 0.15) is 19.8 Å². The largest absolute Gasteiger partial charge is 0.493 e. The van der Waals surface area contributed by atoms with Crippen molar-refractivity contribution in [2.75, 3.05) is 41.0 Å². The summed E-state index contributed by atoms with van der Waals surface area (Å²) in [4.78, 5) is 60.2. The summed E-state index contributed by atoms with van der Waals surface area (Å²) < 4.78 is 34.9. The molecule has 4 heterocycles. The Morgan fingerprint density at radius 1 is 0.361 bits per heavy atom. The molecule has 0 bridgehead atoms. The molecule has 11 rings (SSSR count). The molecule has 0 fully saturated rings. The van der Waals surface area contributed by atoms with Crippen LogP contribution in [0.2, 0.25) is 0 Å². The van der Waals surface area contributed by atoms with Gasteiger partial charge in [0.2, 0.25) is 17.7 Å². The van der Waals surface area contributed by atoms with E-state index in [9.17, 15) is 14.4 Å². The van der Waals surface area contributed by atoms with Gasteiger partial charge >= 0.3 is 0 Å². The number of carbonyl (C=O) groups excluding carboxylic acids is 3. The Labute approximate surface area is 643 Å². The van der Waals surface area contributed by atoms with Crippen molar-refractivity contribution in [2.24, 2.45) is 5.92 Å². The van der Waals surface area contributed by atoms with Crippen molar-refractivity contribution in [1.82, 2.24) is 29.7 Å². The van der Waals surface area contributed by atoms with Crippen LogP contribution in [0.25, 0.3) is 0 Å². The number of hydrogen-bond acceptors (Lipinski definition) is 13. The lowest BCUT2D eigenvalue weighted by molar-refractivity contribution is -0.132. The smallest absolute Gasteiger partial charge is 0.222 e. The summed E-state index contributed by atoms with van der Waals surface area (Å²) >= 11 is 1.78. The van der Waals surface area contributed by atoms with Gasteiger partial charge in [0.15, 0.2) is 34.5 Å². The number of aryl methyl sites for hydroxylation is 1. The predicted molar refractivity (Wildman–Crippen MR) is 431 cm³/mol. The van der Waals surface area contributed by atoms with Gasteiger partial charge in [-0.15, -0.1) is 11.3 Å². The number of pyridine rings is 3. The molecule has 108 heavy (non-hydrogen) atoms. The van der Waals surface area contributed by atoms with Crippen LogP contribution < -0.4 is 28.4 Å². The molecule has 0 aliphatic heterocycles. The van der Waals surface area contributed by atoms with Gasteiger partial charge in [-0.25, -0.2) is 0 Å². The lowest BCUT2D eigenvalue weighted by Gasteiger charge is -2.24. The van der Waals surface area contributed by atoms with Gasteiger partial charge in [-0.2, -0.15) is 0 Å². The fourth-order valence-corrected chi connectivity index (χ4v) is 12.9. The second kappa shape index (κ2) is 45.4. The minimum atomic E-state index is 0.145. The fraction of sp³-hybridized carbons (Fsp3) is 0.304. The lowest BCUT2D eigenvalue weighted by atomic mass is 9.96. The molecule has 0 N–H and O–H groups in total. The number of thiophene rings is 1. The van der Waals surface area contributed by atoms with E-state index in [1.165, 1.54) is 10.4 Å². The number of methoxy groups -OCH3 is 3. The van der Waals surface area contributed by atoms with E-state index in [0.29, 0.717) is 131 Å². The zero-order valence-electron chi connectivity index (χ0n) is 63.5. The zero-order chi connectivity index (χ0) is 75.8. The maximum atomic E-state index is 13.4. The Hall–Kier alpha value is -11.1. The van der Waals surface area contributed by atoms with Crippen molar-refractivity contribution in [3.8, 4) is 34.5 Å². The van der Waals surface area contributed by atoms with E-state index in [2.05, 4.69) is 65.4 Å². The maximum Gasteiger partial charge on any atom is 0.222 e. The third-order valence-corrected chi connectivity index (χ3v) is 19.3. The van der Waals surface area contributed by atoms with Gasteiger partial charge in [0.05, 0.1) is 21.3 Å². The van der Waals surface area contributed by atoms with Crippen LogP contribution in [-0.4, -0.2) is 88.3 Å². The van der Waals surface area contributed by atoms with Crippen molar-refractivity contribution in [1.29, 1.82) is 0 Å². The maximum absolute atomic E-state index is 13.4. The molecule has 0 aliphatic carbocycles. The number of nitrogens with zero attached hydrogens (tertiary/aromatic N) is 6. The quantitative estimate of drug-likeness (QED) is 0.0337. The summed E-state index contributed by atoms with van der Waals surface area (Å²) in [6.07, 6.45) is 13.7. The second-order valence-electron chi connectivity index (χ2n) is 27.0. The number of benzene rings is 7. The molecule has 11 aromatic rings. The lowest BCUT2D eigenvalue weighted by Crippen LogP contribution is -2.32. The first-order valence-electron chi connectivity index (χ1n) is 37.5. The van der Waals surface area contributed by atoms with E-state index in [4.69, 9.17) is 28.4 Å². The highest BCUT2D eigenvalue weighted by molar-refractivity contribution is 7.09. The highest BCUT2D eigenvalue weighted by atomic mass is 32.1. The molecule has 4 aromatic heterocycles. The topological polar surface area (TPSA) is 155 Å². The molecular formula is C92H104N6O9S. The third kappa shape index (κ3) is 28.3. The number of rotatable bonds is 39. The van der Waals surface area contributed by atoms with Gasteiger partial charge < -0.3 is 43.1 Å². The molecule has 0 spiro atoms. The number of unbranched alkanes of at least 4 members (excludes halogenated alkanes) is 1. The molecule has 0 saturated heterocycles. The van der Waals surface area contributed by atoms with Crippen LogP contribution in [0.15, 0.2) is 267 Å². The molecule has 15 nitrogen and oxygen atoms in total. The third-order valence-electron chi connectivity index (χ3n) is 18.4. The van der Waals surface area contributed by atoms with Crippen molar-refractivity contribution in [3.63, 3.8) is 0 Å². The standard InChI is InChI=1S/C33H36N2O3.C31H34N2O3S.C28H34N2O3/c1-26(29-13-7-4-8-14-29)16-19-33(36)35(22-20-30-15-9-10-21-34-30)24-28-17-18-31(32(23-28)37-2)38-25-27-11-5-3-6-12-27;1-35-30-22-26(16-17-29(30)36-24-25-10-3-2-4-11-25)23-33(20-18-27-12-7-8-19-32-27)31(34)15-6-5-13-28-14-9-21-37-28;1-22(2)12-15-28(31)30(18-16-25-11-7-8-17-29-25)20-24-13-14-26(27(19-24)32-3)33-21-23-9-5-4-6-10-23/h3-15,17-18,21,23,26H,16,19-20,22,24-25H2,1-2H3;2-4,7-12,14,16-17,19,21-22H,5-6,13,15,18,20,23-24H2,1H3;4-11,13-14,17,19,22H,12,15-16,18,20-21H2,1-3H3. The zero-order valence-corrected chi connectivity index (χ0v) is 64.3. The van der Waals surface area contributed by atoms with Gasteiger partial charge in [0, 0.05) is 118 Å². The monoisotopic (exact) mass is 1470 g/mol. The highest BCUT2D eigenvalue weighted by Gasteiger charge is 2.21. The molecule has 0 saturated carbocycles. The van der Waals surface area contributed by atoms with Gasteiger partial charge in [-0.1, -0.05) is 185 Å². The van der Waals surface area contributed by atoms with E-state index >= 15 is 0 Å². The number of carbonyl (C=O) groups is 3. The summed E-state index contributed by atoms with van der Waals surface area (Å²) in [7, 11) is 4.93. The van der Waals surface area contributed by atoms with Crippen LogP contribution in [0, 0.1) is 5.92 Å². The molecule has 562 valence electrons. The molecular weight excluding hydrogens is 1370 g/mol. The second-order valence-corrected chi connectivity index (χ2v) is 28.0. The van der Waals surface area contributed by atoms with Crippen LogP contribution in [0.5, 0.6) is 34.5 Å². The van der Waals surface area contributed by atoms with Crippen LogP contribution in [0.1, 0.15) is 133 Å². The van der Waals surface area contributed by atoms with Crippen LogP contribution >= 0.6 is 11.3 Å². The Bertz CT molecular complexity index is 4360. The van der Waals surface area contributed by atoms with Gasteiger partial charge in [0.25, 0.3) is 0 Å². The Morgan fingerprint density at radius 3 is 1.06 bits per heavy atom. The first kappa shape index (κ1) is 81.0. The SMILES string of the molecule is COc1cc(CN(CCc2ccccn2)C(=O)CCC(C)C)ccc1OCc1ccccc1.COc1cc(CN(CCc2ccccn2)C(=O)CCC(C)c2ccccc2)ccc1OCc1ccccc1.COc1cc(CN(CCc2ccccn2)C(=O)CCCCc2cccs2)ccc1OCc1ccccc1. The minimum absolute atomic E-state index is 0.145. The van der Waals surface area contributed by atoms with Crippen LogP contribution in [0.4, 0.5) is 0 Å². The Kier molecular flexibility index (Phi) is 34.1. The first-order valence-corrected chi connectivity index (χ1v) is 38.4. The van der Waals surface area contributed by atoms with E-state index in [-0.39, 0.29) is 17.7 Å². The number of aromatic nitrogens is 3. The van der Waals surface area contributed by atoms with Gasteiger partial charge in [-0.3, -0.25) is 29.3 Å². The molecule has 7 aromatic carbocycles. The molecule has 1 atom stereocenters. The summed E-state index contributed by atoms with van der Waals surface area (Å²) in [5.41, 5.74) is 10.5. The summed E-state index contributed by atoms with van der Waals surface area (Å²) in [6, 6.07) is 80.1. The molecule has 16 heteroatoms. The number of ether oxygens (including phenoxy) is 6. The average molecular weight is 1470 g/mol. The van der Waals surface area contributed by atoms with Crippen LogP contribution in [0.3, 0.4) is 0 Å². The van der Waals surface area contributed by atoms with E-state index in [0.717, 1.165) is 95.4 Å². The summed E-state index contributed by atoms with van der Waals surface area (Å²) in [6.45, 7) is 11.3. The average Bonchev–Trinajstić information content (AvgIpc) is 1.05. The van der Waals surface area contributed by atoms with E-state index in [1.807, 2.05) is 233 Å². The van der Waals surface area contributed by atoms with Gasteiger partial charge in [-0.05, 0) is 167 Å². The predicted octanol–water partition coefficient (Wildman–Crippen LogP) is 19.2. The van der Waals surface area contributed by atoms with Crippen molar-refractivity contribution < 1.29 is 42.8 Å². The molecule has 3 amide bonds. The molecule has 0 aliphatic rings. The van der Waals surface area contributed by atoms with E-state index < -0.39 is 0 Å². The Morgan fingerprint density at radius 2 is 0.722 bits per heavy atom. The fourth-order valence-electron chi connectivity index (χ4n) is 12.1. The Balaban J connectivity index is 0.000000187. The normalized spacial score (nSPS) is 11.0. The molecule has 0 radical (unpaired) electrons. The van der Waals surface area contributed by atoms with E-state index in [1.54, 1.807) is 51.3 Å². The minimum Gasteiger partial charge on any atom is -0.493 e. The van der Waals surface area contributed by atoms with Crippen molar-refractivity contribution in [2.45, 2.75) is 137 Å². The van der Waals surface area contributed by atoms with Crippen LogP contribution in [-0.2, 0) is 79.5 Å². The molecule has 1 unspecified atom stereocenters. The van der Waals surface area contributed by atoms with Crippen molar-refractivity contribution >= 4 is 29.1 Å². The summed E-state index contributed by atoms with van der Waals surface area (Å²) in [5.74, 6) is 5.36. The first-order chi connectivity index (χ1) is 52.9. The highest BCUT2D eigenvalue weighted by Crippen LogP contribution is 2.33. The summed E-state index contributed by atoms with van der Waals surface area (Å²) in [5, 5.41) is 2.10. The number of hydrogen-bond donors (Lipinski definition) is 0. The number of amides is 3.